The van der Waals surface area contributed by atoms with Gasteiger partial charge in [0, 0.05) is 5.92 Å². The van der Waals surface area contributed by atoms with Gasteiger partial charge in [-0.15, -0.1) is 15.3 Å². The molecular weight excluding hydrogens is 333 g/mol. The van der Waals surface area contributed by atoms with Crippen LogP contribution >= 0.6 is 23.2 Å². The number of rotatable bonds is 4. The Kier molecular flexibility index (Phi) is 3.62. The molecule has 0 amide bonds. The summed E-state index contributed by atoms with van der Waals surface area (Å²) >= 11 is 12.4. The van der Waals surface area contributed by atoms with Crippen LogP contribution in [0, 0.1) is 0 Å². The second-order valence-corrected chi connectivity index (χ2v) is 6.62. The minimum absolute atomic E-state index is 0.0213. The van der Waals surface area contributed by atoms with E-state index in [1.807, 2.05) is 35.7 Å². The molecule has 118 valence electrons. The Bertz CT molecular complexity index is 872. The van der Waals surface area contributed by atoms with E-state index in [1.165, 1.54) is 0 Å². The van der Waals surface area contributed by atoms with Crippen LogP contribution in [-0.2, 0) is 0 Å². The van der Waals surface area contributed by atoms with Gasteiger partial charge in [0.2, 0.25) is 0 Å². The molecule has 5 nitrogen and oxygen atoms in total. The van der Waals surface area contributed by atoms with Crippen LogP contribution in [0.3, 0.4) is 0 Å². The maximum Gasteiger partial charge on any atom is 0.178 e. The number of fused-ring (bicyclic) bond motifs is 1. The fourth-order valence-electron chi connectivity index (χ4n) is 2.63. The van der Waals surface area contributed by atoms with E-state index in [9.17, 15) is 0 Å². The van der Waals surface area contributed by atoms with Gasteiger partial charge >= 0.3 is 0 Å². The van der Waals surface area contributed by atoms with E-state index < -0.39 is 0 Å². The van der Waals surface area contributed by atoms with Crippen molar-refractivity contribution in [1.29, 1.82) is 0 Å². The highest BCUT2D eigenvalue weighted by molar-refractivity contribution is 6.42. The Hall–Kier alpha value is -1.85. The number of benzene rings is 1. The smallest absolute Gasteiger partial charge is 0.178 e. The van der Waals surface area contributed by atoms with Crippen molar-refractivity contribution in [1.82, 2.24) is 19.8 Å². The molecule has 3 aromatic rings. The lowest BCUT2D eigenvalue weighted by molar-refractivity contribution is 0.798. The molecule has 4 rings (SSSR count). The molecule has 2 heterocycles. The van der Waals surface area contributed by atoms with Gasteiger partial charge in [-0.25, -0.2) is 0 Å². The van der Waals surface area contributed by atoms with Crippen molar-refractivity contribution in [3.63, 3.8) is 0 Å². The third-order valence-corrected chi connectivity index (χ3v) is 4.88. The molecule has 1 aliphatic carbocycles. The zero-order valence-electron chi connectivity index (χ0n) is 12.5. The summed E-state index contributed by atoms with van der Waals surface area (Å²) in [5, 5.41) is 17.5. The monoisotopic (exact) mass is 347 g/mol. The predicted octanol–water partition coefficient (Wildman–Crippen LogP) is 4.48. The van der Waals surface area contributed by atoms with Gasteiger partial charge in [0.15, 0.2) is 11.5 Å². The summed E-state index contributed by atoms with van der Waals surface area (Å²) in [5.74, 6) is 2.19. The molecule has 1 atom stereocenters. The third kappa shape index (κ3) is 2.75. The van der Waals surface area contributed by atoms with E-state index in [1.54, 1.807) is 6.07 Å². The highest BCUT2D eigenvalue weighted by atomic mass is 35.5. The summed E-state index contributed by atoms with van der Waals surface area (Å²) in [7, 11) is 0. The number of aromatic nitrogens is 4. The van der Waals surface area contributed by atoms with Crippen molar-refractivity contribution >= 4 is 34.7 Å². The number of hydrogen-bond acceptors (Lipinski definition) is 4. The normalized spacial score (nSPS) is 15.8. The number of halogens is 2. The van der Waals surface area contributed by atoms with Gasteiger partial charge in [0.1, 0.15) is 5.82 Å². The molecule has 0 aliphatic heterocycles. The highest BCUT2D eigenvalue weighted by Gasteiger charge is 2.29. The van der Waals surface area contributed by atoms with Gasteiger partial charge in [-0.3, -0.25) is 0 Å². The van der Waals surface area contributed by atoms with E-state index >= 15 is 0 Å². The van der Waals surface area contributed by atoms with Crippen LogP contribution in [0.5, 0.6) is 0 Å². The van der Waals surface area contributed by atoms with E-state index in [0.717, 1.165) is 35.7 Å². The highest BCUT2D eigenvalue weighted by Crippen LogP contribution is 2.38. The molecule has 1 aliphatic rings. The second kappa shape index (κ2) is 5.65. The fourth-order valence-corrected chi connectivity index (χ4v) is 3.10. The lowest BCUT2D eigenvalue weighted by atomic mass is 10.1. The fraction of sp³-hybridized carbons (Fsp3) is 0.312. The minimum Gasteiger partial charge on any atom is -0.362 e. The number of anilines is 1. The lowest BCUT2D eigenvalue weighted by Gasteiger charge is -2.17. The number of hydrogen-bond donors (Lipinski definition) is 1. The third-order valence-electron chi connectivity index (χ3n) is 4.04. The summed E-state index contributed by atoms with van der Waals surface area (Å²) in [6.07, 6.45) is 2.32. The minimum atomic E-state index is -0.0213. The maximum absolute atomic E-state index is 6.29. The van der Waals surface area contributed by atoms with Crippen LogP contribution in [0.15, 0.2) is 30.3 Å². The van der Waals surface area contributed by atoms with Crippen LogP contribution in [-0.4, -0.2) is 19.8 Å². The molecule has 23 heavy (non-hydrogen) atoms. The van der Waals surface area contributed by atoms with Crippen molar-refractivity contribution in [3.8, 4) is 0 Å². The van der Waals surface area contributed by atoms with Crippen molar-refractivity contribution in [2.45, 2.75) is 31.7 Å². The summed E-state index contributed by atoms with van der Waals surface area (Å²) in [5.41, 5.74) is 1.71. The van der Waals surface area contributed by atoms with Crippen molar-refractivity contribution in [3.05, 3.63) is 51.8 Å². The van der Waals surface area contributed by atoms with Gasteiger partial charge < -0.3 is 5.32 Å². The molecule has 1 unspecified atom stereocenters. The standard InChI is InChI=1S/C16H15Cl2N5/c1-9(11-3-2-4-12(17)15(11)18)19-13-7-8-14-20-21-16(10-5-6-10)23(14)22-13/h2-4,7-10H,5-6H2,1H3,(H,19,22). The summed E-state index contributed by atoms with van der Waals surface area (Å²) in [6.45, 7) is 2.03. The molecule has 1 N–H and O–H groups in total. The van der Waals surface area contributed by atoms with Crippen molar-refractivity contribution in [2.24, 2.45) is 0 Å². The number of nitrogens with zero attached hydrogens (tertiary/aromatic N) is 4. The first-order valence-electron chi connectivity index (χ1n) is 7.56. The molecule has 0 saturated heterocycles. The van der Waals surface area contributed by atoms with Crippen molar-refractivity contribution < 1.29 is 0 Å². The molecule has 0 bridgehead atoms. The van der Waals surface area contributed by atoms with Gasteiger partial charge in [-0.05, 0) is 43.5 Å². The Morgan fingerprint density at radius 2 is 2.00 bits per heavy atom. The first-order valence-corrected chi connectivity index (χ1v) is 8.32. The van der Waals surface area contributed by atoms with Crippen LogP contribution in [0.4, 0.5) is 5.82 Å². The first kappa shape index (κ1) is 14.7. The average molecular weight is 348 g/mol. The van der Waals surface area contributed by atoms with Crippen molar-refractivity contribution in [2.75, 3.05) is 5.32 Å². The first-order chi connectivity index (χ1) is 11.1. The van der Waals surface area contributed by atoms with E-state index in [-0.39, 0.29) is 6.04 Å². The van der Waals surface area contributed by atoms with Gasteiger partial charge in [-0.1, -0.05) is 35.3 Å². The molecule has 2 aromatic heterocycles. The molecule has 7 heteroatoms. The van der Waals surface area contributed by atoms with Crippen LogP contribution < -0.4 is 5.32 Å². The molecule has 0 radical (unpaired) electrons. The van der Waals surface area contributed by atoms with Gasteiger partial charge in [0.05, 0.1) is 16.1 Å². The van der Waals surface area contributed by atoms with E-state index in [2.05, 4.69) is 20.6 Å². The van der Waals surface area contributed by atoms with E-state index in [0.29, 0.717) is 16.0 Å². The number of nitrogens with one attached hydrogen (secondary N) is 1. The quantitative estimate of drug-likeness (QED) is 0.755. The molecular formula is C16H15Cl2N5. The van der Waals surface area contributed by atoms with Gasteiger partial charge in [-0.2, -0.15) is 4.52 Å². The second-order valence-electron chi connectivity index (χ2n) is 5.83. The Balaban J connectivity index is 1.64. The average Bonchev–Trinajstić information content (AvgIpc) is 3.30. The molecule has 0 spiro atoms. The summed E-state index contributed by atoms with van der Waals surface area (Å²) in [6, 6.07) is 9.42. The zero-order valence-corrected chi connectivity index (χ0v) is 14.0. The zero-order chi connectivity index (χ0) is 16.0. The molecule has 1 fully saturated rings. The molecule has 1 aromatic carbocycles. The van der Waals surface area contributed by atoms with Crippen LogP contribution in [0.25, 0.3) is 5.65 Å². The predicted molar refractivity (Wildman–Crippen MR) is 91.3 cm³/mol. The Labute approximate surface area is 143 Å². The van der Waals surface area contributed by atoms with Gasteiger partial charge in [0.25, 0.3) is 0 Å². The summed E-state index contributed by atoms with van der Waals surface area (Å²) < 4.78 is 1.83. The Morgan fingerprint density at radius 3 is 2.78 bits per heavy atom. The summed E-state index contributed by atoms with van der Waals surface area (Å²) in [4.78, 5) is 0. The topological polar surface area (TPSA) is 55.1 Å². The largest absolute Gasteiger partial charge is 0.362 e. The lowest BCUT2D eigenvalue weighted by Crippen LogP contribution is -2.10. The molecule has 1 saturated carbocycles. The Morgan fingerprint density at radius 1 is 1.17 bits per heavy atom. The van der Waals surface area contributed by atoms with Crippen LogP contribution in [0.1, 0.15) is 43.1 Å². The SMILES string of the molecule is CC(Nc1ccc2nnc(C3CC3)n2n1)c1cccc(Cl)c1Cl. The van der Waals surface area contributed by atoms with Crippen LogP contribution in [0.2, 0.25) is 10.0 Å². The van der Waals surface area contributed by atoms with E-state index in [4.69, 9.17) is 23.2 Å². The maximum atomic E-state index is 6.29.